The van der Waals surface area contributed by atoms with Gasteiger partial charge in [0.15, 0.2) is 0 Å². The Labute approximate surface area is 102 Å². The third-order valence-corrected chi connectivity index (χ3v) is 2.86. The number of nitrogens with one attached hydrogen (secondary N) is 1. The van der Waals surface area contributed by atoms with Gasteiger partial charge in [0, 0.05) is 18.5 Å². The third-order valence-electron chi connectivity index (χ3n) is 2.86. The molecule has 1 aromatic rings. The van der Waals surface area contributed by atoms with Gasteiger partial charge in [-0.3, -0.25) is 0 Å². The minimum atomic E-state index is -0.546. The summed E-state index contributed by atoms with van der Waals surface area (Å²) in [7, 11) is 0. The topological polar surface area (TPSA) is 44.6 Å². The molecule has 1 saturated heterocycles. The van der Waals surface area contributed by atoms with Crippen molar-refractivity contribution < 1.29 is 9.63 Å². The lowest BCUT2D eigenvalue weighted by Crippen LogP contribution is -2.32. The first-order valence-electron chi connectivity index (χ1n) is 6.07. The first kappa shape index (κ1) is 11.9. The van der Waals surface area contributed by atoms with Gasteiger partial charge in [-0.2, -0.15) is 5.06 Å². The number of hydrogen-bond acceptors (Lipinski definition) is 2. The second-order valence-electron chi connectivity index (χ2n) is 4.12. The molecule has 1 aliphatic rings. The maximum absolute atomic E-state index is 11.8. The lowest BCUT2D eigenvalue weighted by atomic mass is 10.0. The van der Waals surface area contributed by atoms with Gasteiger partial charge in [0.2, 0.25) is 5.72 Å². The van der Waals surface area contributed by atoms with Crippen LogP contribution in [0.15, 0.2) is 30.3 Å². The van der Waals surface area contributed by atoms with Crippen LogP contribution < -0.4 is 5.32 Å². The molecule has 1 atom stereocenters. The molecule has 1 unspecified atom stereocenters. The maximum atomic E-state index is 11.8. The van der Waals surface area contributed by atoms with Gasteiger partial charge in [0.25, 0.3) is 0 Å². The van der Waals surface area contributed by atoms with Crippen LogP contribution >= 0.6 is 0 Å². The Morgan fingerprint density at radius 3 is 2.65 bits per heavy atom. The highest BCUT2D eigenvalue weighted by Crippen LogP contribution is 2.48. The van der Waals surface area contributed by atoms with E-state index < -0.39 is 5.72 Å². The summed E-state index contributed by atoms with van der Waals surface area (Å²) in [4.78, 5) is 17.3. The van der Waals surface area contributed by atoms with Crippen LogP contribution in [0.5, 0.6) is 0 Å². The number of amides is 2. The Kier molecular flexibility index (Phi) is 3.33. The summed E-state index contributed by atoms with van der Waals surface area (Å²) < 4.78 is 0. The fourth-order valence-corrected chi connectivity index (χ4v) is 2.06. The lowest BCUT2D eigenvalue weighted by Gasteiger charge is -2.11. The van der Waals surface area contributed by atoms with Gasteiger partial charge in [0.1, 0.15) is 0 Å². The van der Waals surface area contributed by atoms with Gasteiger partial charge in [-0.25, -0.2) is 9.63 Å². The van der Waals surface area contributed by atoms with Gasteiger partial charge < -0.3 is 5.32 Å². The highest BCUT2D eigenvalue weighted by atomic mass is 16.9. The first-order valence-corrected chi connectivity index (χ1v) is 6.07. The Balaban J connectivity index is 2.18. The molecule has 0 aromatic heterocycles. The first-order chi connectivity index (χ1) is 8.24. The van der Waals surface area contributed by atoms with Crippen molar-refractivity contribution in [2.45, 2.75) is 32.4 Å². The molecule has 0 aliphatic carbocycles. The normalized spacial score (nSPS) is 22.4. The van der Waals surface area contributed by atoms with E-state index in [2.05, 4.69) is 12.2 Å². The molecule has 2 amide bonds. The summed E-state index contributed by atoms with van der Waals surface area (Å²) in [6, 6.07) is 9.71. The molecule has 4 nitrogen and oxygen atoms in total. The minimum Gasteiger partial charge on any atom is -0.336 e. The Morgan fingerprint density at radius 1 is 1.35 bits per heavy atom. The largest absolute Gasteiger partial charge is 0.344 e. The van der Waals surface area contributed by atoms with Crippen LogP contribution in [-0.2, 0) is 10.6 Å². The average Bonchev–Trinajstić information content (AvgIpc) is 3.07. The van der Waals surface area contributed by atoms with E-state index in [0.29, 0.717) is 6.54 Å². The van der Waals surface area contributed by atoms with Crippen molar-refractivity contribution in [3.8, 4) is 0 Å². The molecule has 4 heteroatoms. The highest BCUT2D eigenvalue weighted by molar-refractivity contribution is 5.75. The van der Waals surface area contributed by atoms with E-state index in [0.717, 1.165) is 18.4 Å². The summed E-state index contributed by atoms with van der Waals surface area (Å²) in [5.74, 6) is 0. The SMILES string of the molecule is CCCC1(c2ccccc2)ON1C(=O)NCC. The number of carbonyl (C=O) groups is 1. The molecule has 1 aliphatic heterocycles. The van der Waals surface area contributed by atoms with Crippen LogP contribution in [0.25, 0.3) is 0 Å². The third kappa shape index (κ3) is 2.13. The monoisotopic (exact) mass is 234 g/mol. The van der Waals surface area contributed by atoms with Gasteiger partial charge in [-0.15, -0.1) is 0 Å². The molecular formula is C13H18N2O2. The molecule has 1 heterocycles. The standard InChI is InChI=1S/C13H18N2O2/c1-3-10-13(11-8-6-5-7-9-11)15(17-13)12(16)14-4-2/h5-9H,3-4,10H2,1-2H3,(H,14,16). The summed E-state index contributed by atoms with van der Waals surface area (Å²) in [6.45, 7) is 4.59. The summed E-state index contributed by atoms with van der Waals surface area (Å²) >= 11 is 0. The summed E-state index contributed by atoms with van der Waals surface area (Å²) in [5, 5.41) is 4.19. The van der Waals surface area contributed by atoms with E-state index in [1.54, 1.807) is 0 Å². The maximum Gasteiger partial charge on any atom is 0.344 e. The number of rotatable bonds is 4. The molecule has 0 saturated carbocycles. The molecule has 17 heavy (non-hydrogen) atoms. The molecule has 0 bridgehead atoms. The number of urea groups is 1. The van der Waals surface area contributed by atoms with Crippen LogP contribution in [0.2, 0.25) is 0 Å². The molecule has 1 aromatic carbocycles. The number of hydroxylamine groups is 2. The van der Waals surface area contributed by atoms with Crippen LogP contribution in [0.1, 0.15) is 32.3 Å². The second-order valence-corrected chi connectivity index (χ2v) is 4.12. The fraction of sp³-hybridized carbons (Fsp3) is 0.462. The van der Waals surface area contributed by atoms with Crippen molar-refractivity contribution in [2.75, 3.05) is 6.54 Å². The van der Waals surface area contributed by atoms with E-state index >= 15 is 0 Å². The molecule has 0 radical (unpaired) electrons. The van der Waals surface area contributed by atoms with E-state index in [4.69, 9.17) is 4.84 Å². The molecule has 0 spiro atoms. The summed E-state index contributed by atoms with van der Waals surface area (Å²) in [5.41, 5.74) is 0.489. The summed E-state index contributed by atoms with van der Waals surface area (Å²) in [6.07, 6.45) is 1.78. The predicted octanol–water partition coefficient (Wildman–Crippen LogP) is 2.62. The van der Waals surface area contributed by atoms with E-state index in [1.165, 1.54) is 5.06 Å². The van der Waals surface area contributed by atoms with Crippen molar-refractivity contribution in [1.29, 1.82) is 0 Å². The van der Waals surface area contributed by atoms with Gasteiger partial charge in [-0.1, -0.05) is 43.7 Å². The number of benzene rings is 1. The molecule has 2 rings (SSSR count). The second kappa shape index (κ2) is 4.75. The number of nitrogens with zero attached hydrogens (tertiary/aromatic N) is 1. The Morgan fingerprint density at radius 2 is 2.06 bits per heavy atom. The molecule has 1 N–H and O–H groups in total. The van der Waals surface area contributed by atoms with Crippen LogP contribution in [0, 0.1) is 0 Å². The zero-order valence-electron chi connectivity index (χ0n) is 10.3. The quantitative estimate of drug-likeness (QED) is 0.814. The van der Waals surface area contributed by atoms with Crippen LogP contribution in [0.4, 0.5) is 4.79 Å². The smallest absolute Gasteiger partial charge is 0.336 e. The van der Waals surface area contributed by atoms with Crippen molar-refractivity contribution in [2.24, 2.45) is 0 Å². The van der Waals surface area contributed by atoms with Crippen LogP contribution in [-0.4, -0.2) is 17.6 Å². The van der Waals surface area contributed by atoms with Gasteiger partial charge in [0.05, 0.1) is 0 Å². The predicted molar refractivity (Wildman–Crippen MR) is 65.0 cm³/mol. The zero-order valence-corrected chi connectivity index (χ0v) is 10.3. The average molecular weight is 234 g/mol. The minimum absolute atomic E-state index is 0.162. The van der Waals surface area contributed by atoms with Crippen molar-refractivity contribution in [3.05, 3.63) is 35.9 Å². The van der Waals surface area contributed by atoms with Crippen molar-refractivity contribution >= 4 is 6.03 Å². The Hall–Kier alpha value is -1.55. The lowest BCUT2D eigenvalue weighted by molar-refractivity contribution is 0.175. The van der Waals surface area contributed by atoms with Gasteiger partial charge >= 0.3 is 6.03 Å². The van der Waals surface area contributed by atoms with E-state index in [1.807, 2.05) is 37.3 Å². The van der Waals surface area contributed by atoms with E-state index in [-0.39, 0.29) is 6.03 Å². The number of carbonyl (C=O) groups excluding carboxylic acids is 1. The van der Waals surface area contributed by atoms with Gasteiger partial charge in [-0.05, 0) is 6.92 Å². The van der Waals surface area contributed by atoms with Crippen molar-refractivity contribution in [3.63, 3.8) is 0 Å². The molecular weight excluding hydrogens is 216 g/mol. The Bertz CT molecular complexity index is 394. The van der Waals surface area contributed by atoms with Crippen molar-refractivity contribution in [1.82, 2.24) is 10.4 Å². The van der Waals surface area contributed by atoms with Crippen LogP contribution in [0.3, 0.4) is 0 Å². The molecule has 1 fully saturated rings. The van der Waals surface area contributed by atoms with E-state index in [9.17, 15) is 4.79 Å². The zero-order chi connectivity index (χ0) is 12.3. The fourth-order valence-electron chi connectivity index (χ4n) is 2.06. The number of hydrogen-bond donors (Lipinski definition) is 1. The molecule has 92 valence electrons. The highest BCUT2D eigenvalue weighted by Gasteiger charge is 2.59.